The lowest BCUT2D eigenvalue weighted by molar-refractivity contribution is -0.0670. The van der Waals surface area contributed by atoms with Gasteiger partial charge in [-0.15, -0.1) is 0 Å². The topological polar surface area (TPSA) is 23.5 Å². The van der Waals surface area contributed by atoms with Gasteiger partial charge in [0.1, 0.15) is 0 Å². The predicted octanol–water partition coefficient (Wildman–Crippen LogP) is 1.63. The molecule has 0 aromatic heterocycles. The van der Waals surface area contributed by atoms with Crippen LogP contribution in [0.3, 0.4) is 0 Å². The van der Waals surface area contributed by atoms with Crippen LogP contribution < -0.4 is 0 Å². The van der Waals surface area contributed by atoms with Crippen molar-refractivity contribution in [3.63, 3.8) is 0 Å². The molecular formula is C11H21NO. The number of nitrogens with zero attached hydrogens (tertiary/aromatic N) is 1. The van der Waals surface area contributed by atoms with Crippen LogP contribution in [0.15, 0.2) is 0 Å². The minimum Gasteiger partial charge on any atom is -0.388 e. The maximum absolute atomic E-state index is 10.5. The van der Waals surface area contributed by atoms with Gasteiger partial charge in [0.25, 0.3) is 0 Å². The quantitative estimate of drug-likeness (QED) is 0.668. The predicted molar refractivity (Wildman–Crippen MR) is 53.6 cm³/mol. The molecule has 2 heteroatoms. The summed E-state index contributed by atoms with van der Waals surface area (Å²) in [6.07, 6.45) is 7.37. The summed E-state index contributed by atoms with van der Waals surface area (Å²) >= 11 is 0. The van der Waals surface area contributed by atoms with E-state index in [1.54, 1.807) is 0 Å². The van der Waals surface area contributed by atoms with Crippen molar-refractivity contribution in [2.75, 3.05) is 20.1 Å². The Bertz CT molecular complexity index is 177. The van der Waals surface area contributed by atoms with E-state index in [4.69, 9.17) is 0 Å². The highest BCUT2D eigenvalue weighted by Crippen LogP contribution is 2.38. The van der Waals surface area contributed by atoms with Crippen molar-refractivity contribution >= 4 is 0 Å². The van der Waals surface area contributed by atoms with Crippen LogP contribution in [0, 0.1) is 5.92 Å². The number of hydrogen-bond donors (Lipinski definition) is 1. The molecular weight excluding hydrogens is 162 g/mol. The van der Waals surface area contributed by atoms with Crippen LogP contribution >= 0.6 is 0 Å². The molecule has 1 unspecified atom stereocenters. The number of piperidine rings is 1. The Kier molecular flexibility index (Phi) is 2.61. The highest BCUT2D eigenvalue weighted by molar-refractivity contribution is 4.93. The van der Waals surface area contributed by atoms with Gasteiger partial charge in [-0.3, -0.25) is 0 Å². The second-order valence-electron chi connectivity index (χ2n) is 4.93. The van der Waals surface area contributed by atoms with Crippen LogP contribution in [0.4, 0.5) is 0 Å². The van der Waals surface area contributed by atoms with Crippen LogP contribution in [-0.2, 0) is 0 Å². The number of hydrogen-bond acceptors (Lipinski definition) is 2. The largest absolute Gasteiger partial charge is 0.388 e. The zero-order valence-corrected chi connectivity index (χ0v) is 8.63. The molecule has 2 fully saturated rings. The second-order valence-corrected chi connectivity index (χ2v) is 4.93. The van der Waals surface area contributed by atoms with E-state index in [0.29, 0.717) is 5.92 Å². The van der Waals surface area contributed by atoms with Crippen molar-refractivity contribution in [3.8, 4) is 0 Å². The van der Waals surface area contributed by atoms with E-state index >= 15 is 0 Å². The van der Waals surface area contributed by atoms with Crippen molar-refractivity contribution in [1.29, 1.82) is 0 Å². The lowest BCUT2D eigenvalue weighted by Crippen LogP contribution is -2.50. The van der Waals surface area contributed by atoms with E-state index in [1.807, 2.05) is 0 Å². The van der Waals surface area contributed by atoms with Crippen LogP contribution in [0.2, 0.25) is 0 Å². The SMILES string of the molecule is CN1CCCC(O)(C2CCCC2)C1. The van der Waals surface area contributed by atoms with Crippen molar-refractivity contribution in [2.45, 2.75) is 44.1 Å². The smallest absolute Gasteiger partial charge is 0.0802 e. The zero-order valence-electron chi connectivity index (χ0n) is 8.63. The van der Waals surface area contributed by atoms with E-state index in [-0.39, 0.29) is 5.60 Å². The van der Waals surface area contributed by atoms with Crippen molar-refractivity contribution in [2.24, 2.45) is 5.92 Å². The molecule has 1 heterocycles. The summed E-state index contributed by atoms with van der Waals surface area (Å²) in [5.41, 5.74) is -0.344. The lowest BCUT2D eigenvalue weighted by atomic mass is 9.80. The Balaban J connectivity index is 2.00. The average molecular weight is 183 g/mol. The third kappa shape index (κ3) is 1.89. The summed E-state index contributed by atoms with van der Waals surface area (Å²) < 4.78 is 0. The highest BCUT2D eigenvalue weighted by atomic mass is 16.3. The molecule has 1 aliphatic carbocycles. The molecule has 1 aliphatic heterocycles. The molecule has 0 aromatic carbocycles. The average Bonchev–Trinajstić information content (AvgIpc) is 2.55. The van der Waals surface area contributed by atoms with Gasteiger partial charge < -0.3 is 10.0 Å². The molecule has 0 aromatic rings. The molecule has 1 saturated heterocycles. The van der Waals surface area contributed by atoms with Crippen LogP contribution in [0.1, 0.15) is 38.5 Å². The number of likely N-dealkylation sites (tertiary alicyclic amines) is 1. The standard InChI is InChI=1S/C11H21NO/c1-12-8-4-7-11(13,9-12)10-5-2-3-6-10/h10,13H,2-9H2,1H3. The van der Waals surface area contributed by atoms with Gasteiger partial charge >= 0.3 is 0 Å². The molecule has 2 rings (SSSR count). The normalized spacial score (nSPS) is 38.3. The summed E-state index contributed by atoms with van der Waals surface area (Å²) in [4.78, 5) is 2.28. The highest BCUT2D eigenvalue weighted by Gasteiger charge is 2.40. The Morgan fingerprint density at radius 2 is 1.92 bits per heavy atom. The van der Waals surface area contributed by atoms with Gasteiger partial charge in [-0.1, -0.05) is 12.8 Å². The maximum Gasteiger partial charge on any atom is 0.0802 e. The first-order valence-electron chi connectivity index (χ1n) is 5.62. The van der Waals surface area contributed by atoms with E-state index in [1.165, 1.54) is 32.1 Å². The molecule has 76 valence electrons. The summed E-state index contributed by atoms with van der Waals surface area (Å²) in [5, 5.41) is 10.5. The van der Waals surface area contributed by atoms with Gasteiger partial charge in [0.2, 0.25) is 0 Å². The molecule has 1 atom stereocenters. The van der Waals surface area contributed by atoms with E-state index in [2.05, 4.69) is 11.9 Å². The summed E-state index contributed by atoms with van der Waals surface area (Å²) in [7, 11) is 2.12. The molecule has 1 saturated carbocycles. The molecule has 0 bridgehead atoms. The fourth-order valence-corrected chi connectivity index (χ4v) is 3.08. The lowest BCUT2D eigenvalue weighted by Gasteiger charge is -2.41. The molecule has 2 aliphatic rings. The Hall–Kier alpha value is -0.0800. The molecule has 0 spiro atoms. The molecule has 0 radical (unpaired) electrons. The monoisotopic (exact) mass is 183 g/mol. The molecule has 0 amide bonds. The van der Waals surface area contributed by atoms with Crippen LogP contribution in [0.5, 0.6) is 0 Å². The third-order valence-corrected chi connectivity index (χ3v) is 3.81. The summed E-state index contributed by atoms with van der Waals surface area (Å²) in [6.45, 7) is 2.06. The van der Waals surface area contributed by atoms with Gasteiger partial charge in [-0.05, 0) is 45.2 Å². The first-order chi connectivity index (χ1) is 6.21. The van der Waals surface area contributed by atoms with Crippen LogP contribution in [0.25, 0.3) is 0 Å². The molecule has 1 N–H and O–H groups in total. The second kappa shape index (κ2) is 3.58. The third-order valence-electron chi connectivity index (χ3n) is 3.81. The molecule has 2 nitrogen and oxygen atoms in total. The summed E-state index contributed by atoms with van der Waals surface area (Å²) in [6, 6.07) is 0. The van der Waals surface area contributed by atoms with Crippen molar-refractivity contribution in [3.05, 3.63) is 0 Å². The Morgan fingerprint density at radius 1 is 1.23 bits per heavy atom. The Morgan fingerprint density at radius 3 is 2.54 bits per heavy atom. The molecule has 13 heavy (non-hydrogen) atoms. The number of aliphatic hydroxyl groups is 1. The summed E-state index contributed by atoms with van der Waals surface area (Å²) in [5.74, 6) is 0.593. The van der Waals surface area contributed by atoms with E-state index < -0.39 is 0 Å². The van der Waals surface area contributed by atoms with Gasteiger partial charge in [0, 0.05) is 6.54 Å². The van der Waals surface area contributed by atoms with Crippen molar-refractivity contribution in [1.82, 2.24) is 4.90 Å². The fraction of sp³-hybridized carbons (Fsp3) is 1.00. The Labute approximate surface area is 80.9 Å². The number of likely N-dealkylation sites (N-methyl/N-ethyl adjacent to an activating group) is 1. The van der Waals surface area contributed by atoms with Gasteiger partial charge in [0.15, 0.2) is 0 Å². The van der Waals surface area contributed by atoms with E-state index in [9.17, 15) is 5.11 Å². The maximum atomic E-state index is 10.5. The van der Waals surface area contributed by atoms with Gasteiger partial charge in [0.05, 0.1) is 5.60 Å². The zero-order chi connectivity index (χ0) is 9.31. The van der Waals surface area contributed by atoms with Gasteiger partial charge in [-0.25, -0.2) is 0 Å². The van der Waals surface area contributed by atoms with Gasteiger partial charge in [-0.2, -0.15) is 0 Å². The first kappa shape index (κ1) is 9.47. The minimum absolute atomic E-state index is 0.344. The number of rotatable bonds is 1. The number of β-amino-alcohol motifs (C(OH)–C–C–N with tert-alkyl or cyclic N) is 1. The van der Waals surface area contributed by atoms with Crippen molar-refractivity contribution < 1.29 is 5.11 Å². The van der Waals surface area contributed by atoms with Crippen LogP contribution in [-0.4, -0.2) is 35.7 Å². The first-order valence-corrected chi connectivity index (χ1v) is 5.62. The fourth-order valence-electron chi connectivity index (χ4n) is 3.08. The minimum atomic E-state index is -0.344. The van der Waals surface area contributed by atoms with E-state index in [0.717, 1.165) is 19.5 Å².